The minimum absolute atomic E-state index is 0. The van der Waals surface area contributed by atoms with Gasteiger partial charge in [-0.05, 0) is 18.2 Å². The first kappa shape index (κ1) is 15.1. The summed E-state index contributed by atoms with van der Waals surface area (Å²) >= 11 is 1.89. The Labute approximate surface area is 126 Å². The van der Waals surface area contributed by atoms with Crippen LogP contribution in [0.2, 0.25) is 0 Å². The van der Waals surface area contributed by atoms with Crippen LogP contribution in [0, 0.1) is 0 Å². The summed E-state index contributed by atoms with van der Waals surface area (Å²) in [7, 11) is 0. The highest BCUT2D eigenvalue weighted by Crippen LogP contribution is 2.16. The highest BCUT2D eigenvalue weighted by molar-refractivity contribution is 7.99. The van der Waals surface area contributed by atoms with Gasteiger partial charge in [0.05, 0.1) is 0 Å². The molecule has 1 aliphatic rings. The molecule has 2 aromatic rings. The Balaban J connectivity index is 0.00000147. The van der Waals surface area contributed by atoms with E-state index in [-0.39, 0.29) is 24.4 Å². The van der Waals surface area contributed by atoms with E-state index in [9.17, 15) is 4.79 Å². The Morgan fingerprint density at radius 1 is 1.40 bits per heavy atom. The predicted molar refractivity (Wildman–Crippen MR) is 83.5 cm³/mol. The maximum Gasteiger partial charge on any atom is 0.225 e. The molecule has 108 valence electrons. The average molecular weight is 314 g/mol. The predicted octanol–water partition coefficient (Wildman–Crippen LogP) is 1.41. The van der Waals surface area contributed by atoms with Crippen molar-refractivity contribution in [3.63, 3.8) is 0 Å². The number of rotatable bonds is 3. The molecule has 1 atom stereocenters. The van der Waals surface area contributed by atoms with Crippen LogP contribution in [-0.4, -0.2) is 45.4 Å². The summed E-state index contributed by atoms with van der Waals surface area (Å²) in [6.45, 7) is 0.980. The second kappa shape index (κ2) is 6.92. The van der Waals surface area contributed by atoms with E-state index in [1.165, 1.54) is 0 Å². The molecule has 3 rings (SSSR count). The first-order chi connectivity index (χ1) is 9.31. The lowest BCUT2D eigenvalue weighted by atomic mass is 10.2. The van der Waals surface area contributed by atoms with Crippen molar-refractivity contribution in [2.75, 3.05) is 23.4 Å². The Kier molecular flexibility index (Phi) is 5.22. The number of thioether (sulfide) groups is 1. The number of aromatic nitrogens is 3. The van der Waals surface area contributed by atoms with Crippen molar-refractivity contribution in [2.45, 2.75) is 12.5 Å². The molecule has 2 heterocycles. The number of H-pyrrole nitrogens is 1. The van der Waals surface area contributed by atoms with Crippen LogP contribution >= 0.6 is 24.2 Å². The van der Waals surface area contributed by atoms with Crippen LogP contribution in [0.1, 0.15) is 6.42 Å². The van der Waals surface area contributed by atoms with Gasteiger partial charge in [0.25, 0.3) is 0 Å². The quantitative estimate of drug-likeness (QED) is 0.798. The van der Waals surface area contributed by atoms with Crippen molar-refractivity contribution in [1.82, 2.24) is 20.7 Å². The highest BCUT2D eigenvalue weighted by atomic mass is 35.5. The maximum absolute atomic E-state index is 12.0. The van der Waals surface area contributed by atoms with Crippen LogP contribution in [0.4, 0.5) is 5.69 Å². The first-order valence-corrected chi connectivity index (χ1v) is 7.38. The van der Waals surface area contributed by atoms with E-state index in [1.54, 1.807) is 0 Å². The monoisotopic (exact) mass is 313 g/mol. The topological polar surface area (TPSA) is 82.7 Å². The van der Waals surface area contributed by atoms with Gasteiger partial charge in [-0.1, -0.05) is 0 Å². The fourth-order valence-electron chi connectivity index (χ4n) is 2.10. The zero-order valence-electron chi connectivity index (χ0n) is 10.8. The third-order valence-corrected chi connectivity index (χ3v) is 4.16. The van der Waals surface area contributed by atoms with E-state index >= 15 is 0 Å². The number of carbonyl (C=O) groups excluding carboxylic acids is 1. The standard InChI is InChI=1S/C12H15N5OS.ClH/c18-12(6-9-7-19-4-3-13-9)14-8-1-2-10-11(5-8)16-17-15-10;/h1-2,5,9,13H,3-4,6-7H2,(H,14,18)(H,15,16,17);1H. The number of nitrogens with one attached hydrogen (secondary N) is 3. The Bertz CT molecular complexity index is 584. The number of benzene rings is 1. The molecular formula is C12H16ClN5OS. The van der Waals surface area contributed by atoms with Crippen LogP contribution in [-0.2, 0) is 4.79 Å². The molecule has 0 aliphatic carbocycles. The molecule has 8 heteroatoms. The number of hydrogen-bond donors (Lipinski definition) is 3. The average Bonchev–Trinajstić information content (AvgIpc) is 2.87. The van der Waals surface area contributed by atoms with Gasteiger partial charge in [-0.15, -0.1) is 12.4 Å². The first-order valence-electron chi connectivity index (χ1n) is 6.23. The van der Waals surface area contributed by atoms with Crippen molar-refractivity contribution in [3.8, 4) is 0 Å². The van der Waals surface area contributed by atoms with Gasteiger partial charge in [0.15, 0.2) is 0 Å². The lowest BCUT2D eigenvalue weighted by Crippen LogP contribution is -2.39. The summed E-state index contributed by atoms with van der Waals surface area (Å²) in [5, 5.41) is 16.8. The van der Waals surface area contributed by atoms with Crippen molar-refractivity contribution < 1.29 is 4.79 Å². The van der Waals surface area contributed by atoms with Crippen molar-refractivity contribution >= 4 is 46.8 Å². The zero-order chi connectivity index (χ0) is 13.1. The second-order valence-corrected chi connectivity index (χ2v) is 5.66. The van der Waals surface area contributed by atoms with Crippen LogP contribution in [0.3, 0.4) is 0 Å². The van der Waals surface area contributed by atoms with E-state index in [1.807, 2.05) is 30.0 Å². The number of hydrogen-bond acceptors (Lipinski definition) is 5. The van der Waals surface area contributed by atoms with Gasteiger partial charge in [0, 0.05) is 36.2 Å². The molecule has 1 aliphatic heterocycles. The SMILES string of the molecule is Cl.O=C(CC1CSCCN1)Nc1ccc2n[nH]nc2c1. The van der Waals surface area contributed by atoms with Crippen molar-refractivity contribution in [3.05, 3.63) is 18.2 Å². The fourth-order valence-corrected chi connectivity index (χ4v) is 3.05. The number of anilines is 1. The summed E-state index contributed by atoms with van der Waals surface area (Å²) in [6.07, 6.45) is 0.504. The van der Waals surface area contributed by atoms with Crippen LogP contribution < -0.4 is 10.6 Å². The van der Waals surface area contributed by atoms with E-state index < -0.39 is 0 Å². The van der Waals surface area contributed by atoms with Crippen LogP contribution in [0.25, 0.3) is 11.0 Å². The Morgan fingerprint density at radius 2 is 2.25 bits per heavy atom. The molecule has 1 aromatic carbocycles. The molecule has 1 aromatic heterocycles. The molecule has 1 unspecified atom stereocenters. The summed E-state index contributed by atoms with van der Waals surface area (Å²) in [5.41, 5.74) is 2.31. The summed E-state index contributed by atoms with van der Waals surface area (Å²) in [5.74, 6) is 2.15. The van der Waals surface area contributed by atoms with Gasteiger partial charge in [-0.2, -0.15) is 27.2 Å². The normalized spacial score (nSPS) is 18.5. The largest absolute Gasteiger partial charge is 0.326 e. The third-order valence-electron chi connectivity index (χ3n) is 3.03. The lowest BCUT2D eigenvalue weighted by molar-refractivity contribution is -0.116. The smallest absolute Gasteiger partial charge is 0.225 e. The van der Waals surface area contributed by atoms with Gasteiger partial charge in [-0.3, -0.25) is 4.79 Å². The molecule has 1 amide bonds. The molecule has 0 bridgehead atoms. The molecule has 6 nitrogen and oxygen atoms in total. The highest BCUT2D eigenvalue weighted by Gasteiger charge is 2.16. The zero-order valence-corrected chi connectivity index (χ0v) is 12.4. The van der Waals surface area contributed by atoms with Crippen LogP contribution in [0.15, 0.2) is 18.2 Å². The van der Waals surface area contributed by atoms with Gasteiger partial charge < -0.3 is 10.6 Å². The van der Waals surface area contributed by atoms with Crippen LogP contribution in [0.5, 0.6) is 0 Å². The Morgan fingerprint density at radius 3 is 3.05 bits per heavy atom. The van der Waals surface area contributed by atoms with Gasteiger partial charge in [-0.25, -0.2) is 0 Å². The number of nitrogens with zero attached hydrogens (tertiary/aromatic N) is 2. The number of amides is 1. The number of halogens is 1. The summed E-state index contributed by atoms with van der Waals surface area (Å²) in [6, 6.07) is 5.77. The third kappa shape index (κ3) is 3.62. The molecule has 1 fully saturated rings. The molecule has 3 N–H and O–H groups in total. The fraction of sp³-hybridized carbons (Fsp3) is 0.417. The van der Waals surface area contributed by atoms with Gasteiger partial charge >= 0.3 is 0 Å². The summed E-state index contributed by atoms with van der Waals surface area (Å²) < 4.78 is 0. The van der Waals surface area contributed by atoms with Crippen molar-refractivity contribution in [1.29, 1.82) is 0 Å². The van der Waals surface area contributed by atoms with E-state index in [4.69, 9.17) is 0 Å². The van der Waals surface area contributed by atoms with Crippen molar-refractivity contribution in [2.24, 2.45) is 0 Å². The maximum atomic E-state index is 12.0. The molecular weight excluding hydrogens is 298 g/mol. The molecule has 0 saturated carbocycles. The van der Waals surface area contributed by atoms with E-state index in [0.717, 1.165) is 34.8 Å². The molecule has 0 spiro atoms. The number of aromatic amines is 1. The minimum Gasteiger partial charge on any atom is -0.326 e. The lowest BCUT2D eigenvalue weighted by Gasteiger charge is -2.22. The van der Waals surface area contributed by atoms with Gasteiger partial charge in [0.1, 0.15) is 11.0 Å². The number of fused-ring (bicyclic) bond motifs is 1. The van der Waals surface area contributed by atoms with E-state index in [0.29, 0.717) is 6.42 Å². The second-order valence-electron chi connectivity index (χ2n) is 4.51. The Hall–Kier alpha value is -1.31. The van der Waals surface area contributed by atoms with Gasteiger partial charge in [0.2, 0.25) is 5.91 Å². The molecule has 0 radical (unpaired) electrons. The number of carbonyl (C=O) groups is 1. The summed E-state index contributed by atoms with van der Waals surface area (Å²) in [4.78, 5) is 12.0. The van der Waals surface area contributed by atoms with E-state index in [2.05, 4.69) is 26.0 Å². The molecule has 1 saturated heterocycles. The minimum atomic E-state index is 0. The molecule has 20 heavy (non-hydrogen) atoms.